The molecule has 1 N–H and O–H groups in total. The van der Waals surface area contributed by atoms with E-state index in [4.69, 9.17) is 0 Å². The number of benzene rings is 2. The monoisotopic (exact) mass is 471 g/mol. The molecule has 176 valence electrons. The molecule has 1 aliphatic rings. The van der Waals surface area contributed by atoms with Crippen LogP contribution in [0.5, 0.6) is 0 Å². The predicted molar refractivity (Wildman–Crippen MR) is 124 cm³/mol. The van der Waals surface area contributed by atoms with Crippen molar-refractivity contribution in [1.82, 2.24) is 14.5 Å². The normalized spacial score (nSPS) is 15.3. The molecule has 0 saturated carbocycles. The third-order valence-corrected chi connectivity index (χ3v) is 7.31. The fourth-order valence-electron chi connectivity index (χ4n) is 3.79. The van der Waals surface area contributed by atoms with Crippen LogP contribution in [0.2, 0.25) is 0 Å². The van der Waals surface area contributed by atoms with Crippen molar-refractivity contribution in [1.29, 1.82) is 0 Å². The molecule has 1 atom stereocenters. The van der Waals surface area contributed by atoms with E-state index in [1.807, 2.05) is 45.0 Å². The van der Waals surface area contributed by atoms with Crippen LogP contribution in [0.3, 0.4) is 0 Å². The molecule has 1 unspecified atom stereocenters. The van der Waals surface area contributed by atoms with E-state index in [0.29, 0.717) is 0 Å². The average molecular weight is 472 g/mol. The van der Waals surface area contributed by atoms with E-state index in [0.717, 1.165) is 15.4 Å². The number of fused-ring (bicyclic) bond motifs is 1. The Labute approximate surface area is 194 Å². The smallest absolute Gasteiger partial charge is 0.269 e. The summed E-state index contributed by atoms with van der Waals surface area (Å²) in [6.45, 7) is 7.13. The third kappa shape index (κ3) is 5.24. The van der Waals surface area contributed by atoms with E-state index in [-0.39, 0.29) is 41.9 Å². The number of aryl methyl sites for hydroxylation is 1. The minimum Gasteiger partial charge on any atom is -0.352 e. The van der Waals surface area contributed by atoms with Crippen molar-refractivity contribution in [3.63, 3.8) is 0 Å². The van der Waals surface area contributed by atoms with Gasteiger partial charge in [0.15, 0.2) is 0 Å². The Morgan fingerprint density at radius 2 is 1.76 bits per heavy atom. The number of nitrogens with zero attached hydrogens (tertiary/aromatic N) is 2. The van der Waals surface area contributed by atoms with Gasteiger partial charge in [0, 0.05) is 25.6 Å². The quantitative estimate of drug-likeness (QED) is 0.637. The standard InChI is InChI=1S/C24H29N3O5S/c1-16(2)25-23(29)18(4)26(15-19-9-7-8-17(3)14-19)22(28)12-13-27-24(30)20-10-5-6-11-21(20)33(27,31)32/h5-11,14,16,18H,12-13,15H2,1-4H3,(H,25,29). The second kappa shape index (κ2) is 9.74. The average Bonchev–Trinajstić information content (AvgIpc) is 2.95. The summed E-state index contributed by atoms with van der Waals surface area (Å²) in [5.41, 5.74) is 1.97. The van der Waals surface area contributed by atoms with Crippen molar-refractivity contribution in [2.45, 2.75) is 57.6 Å². The van der Waals surface area contributed by atoms with Gasteiger partial charge < -0.3 is 10.2 Å². The molecule has 33 heavy (non-hydrogen) atoms. The number of rotatable bonds is 8. The first kappa shape index (κ1) is 24.4. The van der Waals surface area contributed by atoms with Gasteiger partial charge in [-0.1, -0.05) is 42.0 Å². The summed E-state index contributed by atoms with van der Waals surface area (Å²) >= 11 is 0. The lowest BCUT2D eigenvalue weighted by Crippen LogP contribution is -2.49. The molecule has 0 aromatic heterocycles. The van der Waals surface area contributed by atoms with E-state index in [2.05, 4.69) is 5.32 Å². The summed E-state index contributed by atoms with van der Waals surface area (Å²) < 4.78 is 26.3. The zero-order valence-electron chi connectivity index (χ0n) is 19.2. The van der Waals surface area contributed by atoms with Gasteiger partial charge in [0.2, 0.25) is 11.8 Å². The fraction of sp³-hybridized carbons (Fsp3) is 0.375. The zero-order valence-corrected chi connectivity index (χ0v) is 20.1. The Kier molecular flexibility index (Phi) is 7.22. The van der Waals surface area contributed by atoms with Crippen molar-refractivity contribution in [3.8, 4) is 0 Å². The summed E-state index contributed by atoms with van der Waals surface area (Å²) in [6, 6.07) is 12.7. The molecule has 3 amide bonds. The topological polar surface area (TPSA) is 104 Å². The van der Waals surface area contributed by atoms with Gasteiger partial charge in [0.25, 0.3) is 15.9 Å². The number of carbonyl (C=O) groups is 3. The molecule has 0 fully saturated rings. The predicted octanol–water partition coefficient (Wildman–Crippen LogP) is 2.47. The maximum Gasteiger partial charge on any atom is 0.269 e. The minimum absolute atomic E-state index is 0.0521. The van der Waals surface area contributed by atoms with Crippen LogP contribution in [0.25, 0.3) is 0 Å². The summed E-state index contributed by atoms with van der Waals surface area (Å²) in [7, 11) is -4.00. The van der Waals surface area contributed by atoms with Gasteiger partial charge >= 0.3 is 0 Å². The van der Waals surface area contributed by atoms with Crippen LogP contribution in [0.4, 0.5) is 0 Å². The van der Waals surface area contributed by atoms with E-state index >= 15 is 0 Å². The van der Waals surface area contributed by atoms with Crippen molar-refractivity contribution >= 4 is 27.7 Å². The lowest BCUT2D eigenvalue weighted by Gasteiger charge is -2.30. The molecule has 2 aromatic rings. The van der Waals surface area contributed by atoms with E-state index in [9.17, 15) is 22.8 Å². The highest BCUT2D eigenvalue weighted by Gasteiger charge is 2.41. The Hall–Kier alpha value is -3.20. The van der Waals surface area contributed by atoms with Gasteiger partial charge in [0.1, 0.15) is 10.9 Å². The largest absolute Gasteiger partial charge is 0.352 e. The van der Waals surface area contributed by atoms with Gasteiger partial charge in [-0.15, -0.1) is 0 Å². The highest BCUT2D eigenvalue weighted by molar-refractivity contribution is 7.90. The van der Waals surface area contributed by atoms with Crippen LogP contribution < -0.4 is 5.32 Å². The number of carbonyl (C=O) groups excluding carboxylic acids is 3. The van der Waals surface area contributed by atoms with Crippen LogP contribution in [0.15, 0.2) is 53.4 Å². The Balaban J connectivity index is 1.80. The maximum atomic E-state index is 13.2. The summed E-state index contributed by atoms with van der Waals surface area (Å²) in [5, 5.41) is 2.81. The first-order valence-electron chi connectivity index (χ1n) is 10.8. The molecule has 0 radical (unpaired) electrons. The Bertz CT molecular complexity index is 1180. The lowest BCUT2D eigenvalue weighted by molar-refractivity contribution is -0.140. The third-order valence-electron chi connectivity index (χ3n) is 5.47. The van der Waals surface area contributed by atoms with Gasteiger partial charge in [-0.05, 0) is 45.4 Å². The molecule has 8 nitrogen and oxygen atoms in total. The number of sulfonamides is 1. The molecule has 3 rings (SSSR count). The van der Waals surface area contributed by atoms with Crippen LogP contribution in [0, 0.1) is 6.92 Å². The number of amides is 3. The number of nitrogens with one attached hydrogen (secondary N) is 1. The minimum atomic E-state index is -4.00. The van der Waals surface area contributed by atoms with Crippen molar-refractivity contribution in [2.75, 3.05) is 6.54 Å². The fourth-order valence-corrected chi connectivity index (χ4v) is 5.36. The number of hydrogen-bond donors (Lipinski definition) is 1. The molecular formula is C24H29N3O5S. The molecule has 0 spiro atoms. The van der Waals surface area contributed by atoms with E-state index in [1.54, 1.807) is 19.1 Å². The molecule has 0 bridgehead atoms. The Morgan fingerprint density at radius 3 is 2.39 bits per heavy atom. The molecule has 9 heteroatoms. The summed E-state index contributed by atoms with van der Waals surface area (Å²) in [4.78, 5) is 39.9. The van der Waals surface area contributed by atoms with Crippen molar-refractivity contribution < 1.29 is 22.8 Å². The second-order valence-electron chi connectivity index (χ2n) is 8.48. The van der Waals surface area contributed by atoms with Crippen molar-refractivity contribution in [3.05, 3.63) is 65.2 Å². The Morgan fingerprint density at radius 1 is 1.06 bits per heavy atom. The molecule has 0 saturated heterocycles. The summed E-state index contributed by atoms with van der Waals surface area (Å²) in [6.07, 6.45) is -0.232. The van der Waals surface area contributed by atoms with E-state index in [1.165, 1.54) is 17.0 Å². The zero-order chi connectivity index (χ0) is 24.3. The van der Waals surface area contributed by atoms with Gasteiger partial charge in [-0.3, -0.25) is 14.4 Å². The maximum absolute atomic E-state index is 13.2. The van der Waals surface area contributed by atoms with Crippen molar-refractivity contribution in [2.24, 2.45) is 0 Å². The first-order chi connectivity index (χ1) is 15.5. The molecule has 1 aliphatic heterocycles. The summed E-state index contributed by atoms with van der Waals surface area (Å²) in [5.74, 6) is -1.36. The first-order valence-corrected chi connectivity index (χ1v) is 12.3. The van der Waals surface area contributed by atoms with Crippen LogP contribution >= 0.6 is 0 Å². The highest BCUT2D eigenvalue weighted by atomic mass is 32.2. The molecule has 1 heterocycles. The lowest BCUT2D eigenvalue weighted by atomic mass is 10.1. The molecule has 2 aromatic carbocycles. The molecule has 0 aliphatic carbocycles. The molecular weight excluding hydrogens is 442 g/mol. The SMILES string of the molecule is Cc1cccc(CN(C(=O)CCN2C(=O)c3ccccc3S2(=O)=O)C(C)C(=O)NC(C)C)c1. The van der Waals surface area contributed by atoms with Gasteiger partial charge in [-0.25, -0.2) is 12.7 Å². The second-order valence-corrected chi connectivity index (χ2v) is 10.3. The van der Waals surface area contributed by atoms with Crippen LogP contribution in [0.1, 0.15) is 48.7 Å². The van der Waals surface area contributed by atoms with E-state index < -0.39 is 27.9 Å². The van der Waals surface area contributed by atoms with Crippen LogP contribution in [-0.2, 0) is 26.2 Å². The van der Waals surface area contributed by atoms with Gasteiger partial charge in [0.05, 0.1) is 5.56 Å². The van der Waals surface area contributed by atoms with Crippen LogP contribution in [-0.4, -0.2) is 54.0 Å². The van der Waals surface area contributed by atoms with Gasteiger partial charge in [-0.2, -0.15) is 0 Å². The number of hydrogen-bond acceptors (Lipinski definition) is 5. The highest BCUT2D eigenvalue weighted by Crippen LogP contribution is 2.30.